The van der Waals surface area contributed by atoms with Crippen LogP contribution in [0.1, 0.15) is 5.56 Å². The van der Waals surface area contributed by atoms with Crippen LogP contribution in [0.15, 0.2) is 60.7 Å². The highest BCUT2D eigenvalue weighted by atomic mass is 15.1. The summed E-state index contributed by atoms with van der Waals surface area (Å²) in [4.78, 5) is 9.43. The summed E-state index contributed by atoms with van der Waals surface area (Å²) in [5.74, 6) is 0. The molecule has 0 unspecified atom stereocenters. The van der Waals surface area contributed by atoms with Gasteiger partial charge in [0.25, 0.3) is 0 Å². The zero-order chi connectivity index (χ0) is 15.4. The van der Waals surface area contributed by atoms with E-state index in [1.807, 2.05) is 59.0 Å². The van der Waals surface area contributed by atoms with Crippen molar-refractivity contribution in [3.05, 3.63) is 66.2 Å². The molecule has 0 aliphatic rings. The number of aromatic nitrogens is 3. The Kier molecular flexibility index (Phi) is 2.26. The topological polar surface area (TPSA) is 54.0 Å². The molecule has 0 aliphatic heterocycles. The van der Waals surface area contributed by atoms with Gasteiger partial charge in [0.15, 0.2) is 5.65 Å². The van der Waals surface area contributed by atoms with Crippen molar-refractivity contribution in [2.24, 2.45) is 0 Å². The van der Waals surface area contributed by atoms with E-state index in [4.69, 9.17) is 4.98 Å². The molecule has 0 spiro atoms. The van der Waals surface area contributed by atoms with Crippen LogP contribution in [0, 0.1) is 11.3 Å². The summed E-state index contributed by atoms with van der Waals surface area (Å²) < 4.78 is 1.98. The summed E-state index contributed by atoms with van der Waals surface area (Å²) in [6.45, 7) is 0. The summed E-state index contributed by atoms with van der Waals surface area (Å²) in [5.41, 5.74) is 4.81. The average molecular weight is 294 g/mol. The zero-order valence-electron chi connectivity index (χ0n) is 12.1. The Hall–Kier alpha value is -3.45. The number of nitriles is 1. The van der Waals surface area contributed by atoms with Crippen LogP contribution < -0.4 is 0 Å². The van der Waals surface area contributed by atoms with Gasteiger partial charge in [-0.05, 0) is 30.3 Å². The number of benzene rings is 2. The second kappa shape index (κ2) is 4.28. The molecular formula is C19H10N4. The number of imidazole rings is 1. The molecule has 5 aromatic rings. The van der Waals surface area contributed by atoms with Crippen molar-refractivity contribution in [3.8, 4) is 6.07 Å². The first-order chi connectivity index (χ1) is 11.3. The highest BCUT2D eigenvalue weighted by Gasteiger charge is 2.13. The normalized spacial score (nSPS) is 11.4. The molecular weight excluding hydrogens is 284 g/mol. The van der Waals surface area contributed by atoms with Gasteiger partial charge in [-0.3, -0.25) is 4.40 Å². The highest BCUT2D eigenvalue weighted by molar-refractivity contribution is 5.96. The summed E-state index contributed by atoms with van der Waals surface area (Å²) >= 11 is 0. The minimum Gasteiger partial charge on any atom is -0.275 e. The van der Waals surface area contributed by atoms with E-state index in [1.54, 1.807) is 0 Å². The third-order valence-electron chi connectivity index (χ3n) is 4.17. The van der Waals surface area contributed by atoms with Crippen LogP contribution in [0.25, 0.3) is 38.6 Å². The fraction of sp³-hybridized carbons (Fsp3) is 0. The van der Waals surface area contributed by atoms with Gasteiger partial charge in [0.05, 0.1) is 22.1 Å². The molecule has 0 radical (unpaired) electrons. The monoisotopic (exact) mass is 294 g/mol. The molecule has 5 rings (SSSR count). The molecule has 0 amide bonds. The third kappa shape index (κ3) is 1.59. The lowest BCUT2D eigenvalue weighted by Crippen LogP contribution is -1.95. The molecule has 0 saturated heterocycles. The maximum absolute atomic E-state index is 9.51. The molecule has 106 valence electrons. The molecule has 3 heterocycles. The molecule has 3 aromatic heterocycles. The van der Waals surface area contributed by atoms with E-state index in [0.717, 1.165) is 33.0 Å². The van der Waals surface area contributed by atoms with Crippen molar-refractivity contribution in [3.63, 3.8) is 0 Å². The van der Waals surface area contributed by atoms with Gasteiger partial charge in [0, 0.05) is 10.8 Å². The Morgan fingerprint density at radius 1 is 0.783 bits per heavy atom. The Morgan fingerprint density at radius 2 is 1.52 bits per heavy atom. The Labute approximate surface area is 131 Å². The summed E-state index contributed by atoms with van der Waals surface area (Å²) in [6.07, 6.45) is 0. The lowest BCUT2D eigenvalue weighted by Gasteiger charge is -2.06. The van der Waals surface area contributed by atoms with Crippen molar-refractivity contribution in [2.45, 2.75) is 0 Å². The van der Waals surface area contributed by atoms with Crippen LogP contribution in [0.2, 0.25) is 0 Å². The molecule has 2 aromatic carbocycles. The van der Waals surface area contributed by atoms with Gasteiger partial charge in [-0.2, -0.15) is 5.26 Å². The van der Waals surface area contributed by atoms with Crippen molar-refractivity contribution in [1.82, 2.24) is 14.4 Å². The van der Waals surface area contributed by atoms with Gasteiger partial charge in [-0.1, -0.05) is 30.3 Å². The van der Waals surface area contributed by atoms with E-state index in [1.165, 1.54) is 0 Å². The van der Waals surface area contributed by atoms with E-state index in [2.05, 4.69) is 17.1 Å². The molecule has 4 heteroatoms. The number of rotatable bonds is 0. The molecule has 0 aliphatic carbocycles. The molecule has 0 atom stereocenters. The van der Waals surface area contributed by atoms with Crippen LogP contribution in [-0.2, 0) is 0 Å². The lowest BCUT2D eigenvalue weighted by molar-refractivity contribution is 1.23. The zero-order valence-corrected chi connectivity index (χ0v) is 12.1. The first-order valence-corrected chi connectivity index (χ1v) is 7.35. The van der Waals surface area contributed by atoms with E-state index < -0.39 is 0 Å². The van der Waals surface area contributed by atoms with Crippen molar-refractivity contribution in [2.75, 3.05) is 0 Å². The van der Waals surface area contributed by atoms with Gasteiger partial charge in [-0.25, -0.2) is 9.97 Å². The van der Waals surface area contributed by atoms with Gasteiger partial charge in [-0.15, -0.1) is 0 Å². The summed E-state index contributed by atoms with van der Waals surface area (Å²) in [5, 5.41) is 11.5. The first-order valence-electron chi connectivity index (χ1n) is 7.35. The smallest absolute Gasteiger partial charge is 0.157 e. The van der Waals surface area contributed by atoms with Crippen molar-refractivity contribution in [1.29, 1.82) is 5.26 Å². The van der Waals surface area contributed by atoms with Crippen LogP contribution in [0.5, 0.6) is 0 Å². The molecule has 0 bridgehead atoms. The SMILES string of the molecule is N#Cc1cc2cc3ccccc3nc2n2c1nc1ccccc12. The van der Waals surface area contributed by atoms with Crippen molar-refractivity contribution < 1.29 is 0 Å². The molecule has 0 fully saturated rings. The van der Waals surface area contributed by atoms with Gasteiger partial charge < -0.3 is 0 Å². The molecule has 4 nitrogen and oxygen atoms in total. The third-order valence-corrected chi connectivity index (χ3v) is 4.17. The van der Waals surface area contributed by atoms with Gasteiger partial charge >= 0.3 is 0 Å². The second-order valence-corrected chi connectivity index (χ2v) is 5.52. The van der Waals surface area contributed by atoms with E-state index in [-0.39, 0.29) is 0 Å². The van der Waals surface area contributed by atoms with Gasteiger partial charge in [0.2, 0.25) is 0 Å². The largest absolute Gasteiger partial charge is 0.275 e. The Balaban J connectivity index is 2.12. The predicted molar refractivity (Wildman–Crippen MR) is 90.2 cm³/mol. The van der Waals surface area contributed by atoms with Crippen LogP contribution in [0.4, 0.5) is 0 Å². The fourth-order valence-electron chi connectivity index (χ4n) is 3.13. The number of nitrogens with zero attached hydrogens (tertiary/aromatic N) is 4. The molecule has 0 N–H and O–H groups in total. The average Bonchev–Trinajstić information content (AvgIpc) is 2.99. The second-order valence-electron chi connectivity index (χ2n) is 5.52. The maximum atomic E-state index is 9.51. The number of hydrogen-bond donors (Lipinski definition) is 0. The number of hydrogen-bond acceptors (Lipinski definition) is 3. The van der Waals surface area contributed by atoms with Crippen LogP contribution >= 0.6 is 0 Å². The minimum absolute atomic E-state index is 0.561. The van der Waals surface area contributed by atoms with Crippen LogP contribution in [0.3, 0.4) is 0 Å². The van der Waals surface area contributed by atoms with E-state index in [0.29, 0.717) is 11.2 Å². The van der Waals surface area contributed by atoms with E-state index >= 15 is 0 Å². The van der Waals surface area contributed by atoms with E-state index in [9.17, 15) is 5.26 Å². The molecule has 0 saturated carbocycles. The number of pyridine rings is 2. The fourth-order valence-corrected chi connectivity index (χ4v) is 3.13. The lowest BCUT2D eigenvalue weighted by atomic mass is 10.1. The summed E-state index contributed by atoms with van der Waals surface area (Å²) in [6, 6.07) is 22.1. The number of fused-ring (bicyclic) bond motifs is 6. The van der Waals surface area contributed by atoms with Crippen LogP contribution in [-0.4, -0.2) is 14.4 Å². The Bertz CT molecular complexity index is 1280. The van der Waals surface area contributed by atoms with Crippen molar-refractivity contribution >= 4 is 38.6 Å². The number of para-hydroxylation sites is 3. The maximum Gasteiger partial charge on any atom is 0.157 e. The Morgan fingerprint density at radius 3 is 2.39 bits per heavy atom. The highest BCUT2D eigenvalue weighted by Crippen LogP contribution is 2.27. The molecule has 23 heavy (non-hydrogen) atoms. The minimum atomic E-state index is 0.561. The predicted octanol–water partition coefficient (Wildman–Crippen LogP) is 4.06. The van der Waals surface area contributed by atoms with Gasteiger partial charge in [0.1, 0.15) is 11.7 Å². The quantitative estimate of drug-likeness (QED) is 0.405. The summed E-state index contributed by atoms with van der Waals surface area (Å²) in [7, 11) is 0. The first kappa shape index (κ1) is 12.1. The standard InChI is InChI=1S/C19H10N4/c20-11-14-10-13-9-12-5-1-2-6-15(12)21-18(13)23-17-8-4-3-7-16(17)22-19(14)23/h1-10H.